The van der Waals surface area contributed by atoms with E-state index in [1.807, 2.05) is 0 Å². The number of phenols is 2. The number of ether oxygens (including phenoxy) is 1. The van der Waals surface area contributed by atoms with Gasteiger partial charge < -0.3 is 20.7 Å². The zero-order valence-corrected chi connectivity index (χ0v) is 11.3. The van der Waals surface area contributed by atoms with E-state index in [0.29, 0.717) is 5.56 Å². The molecule has 0 aliphatic rings. The molecule has 6 heteroatoms. The lowest BCUT2D eigenvalue weighted by Gasteiger charge is -2.29. The Morgan fingerprint density at radius 2 is 1.72 bits per heavy atom. The van der Waals surface area contributed by atoms with Gasteiger partial charge in [-0.3, -0.25) is 4.79 Å². The fourth-order valence-electron chi connectivity index (χ4n) is 1.60. The van der Waals surface area contributed by atoms with Crippen LogP contribution in [-0.2, 0) is 9.53 Å². The van der Waals surface area contributed by atoms with Crippen molar-refractivity contribution in [1.29, 1.82) is 0 Å². The van der Waals surface area contributed by atoms with Crippen LogP contribution < -0.4 is 5.73 Å². The van der Waals surface area contributed by atoms with E-state index in [0.717, 1.165) is 0 Å². The average Bonchev–Trinajstić information content (AvgIpc) is 2.25. The molecule has 0 fully saturated rings. The predicted molar refractivity (Wildman–Crippen MR) is 69.7 cm³/mol. The maximum Gasteiger partial charge on any atom is 0.313 e. The quantitative estimate of drug-likeness (QED) is 0.731. The minimum Gasteiger partial charge on any atom is -0.508 e. The van der Waals surface area contributed by atoms with E-state index in [4.69, 9.17) is 5.73 Å². The van der Waals surface area contributed by atoms with Gasteiger partial charge >= 0.3 is 5.97 Å². The summed E-state index contributed by atoms with van der Waals surface area (Å²) >= 11 is 0. The first-order chi connectivity index (χ1) is 7.78. The van der Waals surface area contributed by atoms with E-state index in [-0.39, 0.29) is 23.9 Å². The molecule has 0 aromatic heterocycles. The third-order valence-corrected chi connectivity index (χ3v) is 2.77. The number of rotatable bonds is 3. The number of phenolic OH excluding ortho intramolecular Hbond substituents is 2. The smallest absolute Gasteiger partial charge is 0.313 e. The first-order valence-corrected chi connectivity index (χ1v) is 5.16. The molecule has 0 bridgehead atoms. The summed E-state index contributed by atoms with van der Waals surface area (Å²) < 4.78 is 4.67. The number of carbonyl (C=O) groups excluding carboxylic acids is 1. The molecule has 0 saturated heterocycles. The fraction of sp³-hybridized carbons (Fsp3) is 0.417. The highest BCUT2D eigenvalue weighted by Crippen LogP contribution is 2.35. The minimum absolute atomic E-state index is 0. The van der Waals surface area contributed by atoms with Crippen molar-refractivity contribution in [2.24, 2.45) is 11.1 Å². The molecule has 0 amide bonds. The summed E-state index contributed by atoms with van der Waals surface area (Å²) in [5, 5.41) is 18.7. The lowest BCUT2D eigenvalue weighted by Crippen LogP contribution is -2.37. The number of aromatic hydroxyl groups is 2. The third kappa shape index (κ3) is 3.27. The van der Waals surface area contributed by atoms with Crippen LogP contribution in [0.15, 0.2) is 18.2 Å². The second kappa shape index (κ2) is 5.93. The largest absolute Gasteiger partial charge is 0.508 e. The molecule has 0 aliphatic carbocycles. The van der Waals surface area contributed by atoms with Gasteiger partial charge in [0.25, 0.3) is 0 Å². The first-order valence-electron chi connectivity index (χ1n) is 5.16. The molecule has 1 atom stereocenters. The van der Waals surface area contributed by atoms with E-state index in [1.54, 1.807) is 13.8 Å². The second-order valence-corrected chi connectivity index (χ2v) is 4.47. The normalized spacial score (nSPS) is 12.4. The Labute approximate surface area is 112 Å². The SMILES string of the molecule is COC(=O)C(C)(C)[C@H](N)c1cc(O)cc(O)c1.Cl. The van der Waals surface area contributed by atoms with Gasteiger partial charge in [-0.25, -0.2) is 0 Å². The molecule has 0 radical (unpaired) electrons. The molecule has 4 N–H and O–H groups in total. The summed E-state index contributed by atoms with van der Waals surface area (Å²) in [7, 11) is 1.29. The summed E-state index contributed by atoms with van der Waals surface area (Å²) in [5.41, 5.74) is 5.48. The van der Waals surface area contributed by atoms with Crippen molar-refractivity contribution in [2.75, 3.05) is 7.11 Å². The van der Waals surface area contributed by atoms with Crippen molar-refractivity contribution in [1.82, 2.24) is 0 Å². The standard InChI is InChI=1S/C12H17NO4.ClH/c1-12(2,11(16)17-3)10(13)7-4-8(14)6-9(15)5-7;/h4-6,10,14-15H,13H2,1-3H3;1H/t10-;/m1./s1. The van der Waals surface area contributed by atoms with Gasteiger partial charge in [0.1, 0.15) is 11.5 Å². The molecule has 1 rings (SSSR count). The Balaban J connectivity index is 0.00000289. The third-order valence-electron chi connectivity index (χ3n) is 2.77. The van der Waals surface area contributed by atoms with Crippen molar-refractivity contribution >= 4 is 18.4 Å². The molecule has 18 heavy (non-hydrogen) atoms. The van der Waals surface area contributed by atoms with Crippen molar-refractivity contribution in [3.05, 3.63) is 23.8 Å². The van der Waals surface area contributed by atoms with Gasteiger partial charge in [-0.2, -0.15) is 0 Å². The van der Waals surface area contributed by atoms with Gasteiger partial charge in [0.2, 0.25) is 0 Å². The average molecular weight is 276 g/mol. The van der Waals surface area contributed by atoms with E-state index < -0.39 is 17.4 Å². The Morgan fingerprint density at radius 3 is 2.11 bits per heavy atom. The molecule has 1 aromatic carbocycles. The summed E-state index contributed by atoms with van der Waals surface area (Å²) in [6.07, 6.45) is 0. The van der Waals surface area contributed by atoms with Crippen LogP contribution in [0.2, 0.25) is 0 Å². The Hall–Kier alpha value is -1.46. The fourth-order valence-corrected chi connectivity index (χ4v) is 1.60. The van der Waals surface area contributed by atoms with Gasteiger partial charge in [-0.1, -0.05) is 0 Å². The highest BCUT2D eigenvalue weighted by atomic mass is 35.5. The van der Waals surface area contributed by atoms with Gasteiger partial charge in [-0.15, -0.1) is 12.4 Å². The van der Waals surface area contributed by atoms with E-state index in [2.05, 4.69) is 4.74 Å². The monoisotopic (exact) mass is 275 g/mol. The van der Waals surface area contributed by atoms with Crippen LogP contribution in [0.5, 0.6) is 11.5 Å². The van der Waals surface area contributed by atoms with Gasteiger partial charge in [-0.05, 0) is 31.5 Å². The van der Waals surface area contributed by atoms with Crippen molar-refractivity contribution in [3.63, 3.8) is 0 Å². The zero-order chi connectivity index (χ0) is 13.2. The molecule has 102 valence electrons. The van der Waals surface area contributed by atoms with Gasteiger partial charge in [0.05, 0.1) is 12.5 Å². The number of halogens is 1. The predicted octanol–water partition coefficient (Wildman–Crippen LogP) is 1.72. The van der Waals surface area contributed by atoms with Crippen molar-refractivity contribution in [3.8, 4) is 11.5 Å². The Bertz CT molecular complexity index is 414. The van der Waals surface area contributed by atoms with Crippen LogP contribution in [0, 0.1) is 5.41 Å². The Morgan fingerprint density at radius 1 is 1.28 bits per heavy atom. The number of esters is 1. The molecule has 0 unspecified atom stereocenters. The number of methoxy groups -OCH3 is 1. The number of hydrogen-bond acceptors (Lipinski definition) is 5. The van der Waals surface area contributed by atoms with E-state index >= 15 is 0 Å². The molecule has 0 saturated carbocycles. The first kappa shape index (κ1) is 16.5. The van der Waals surface area contributed by atoms with E-state index in [1.165, 1.54) is 25.3 Å². The molecule has 0 spiro atoms. The topological polar surface area (TPSA) is 92.8 Å². The maximum atomic E-state index is 11.6. The Kier molecular flexibility index (Phi) is 5.45. The lowest BCUT2D eigenvalue weighted by molar-refractivity contribution is -0.152. The second-order valence-electron chi connectivity index (χ2n) is 4.47. The van der Waals surface area contributed by atoms with Crippen LogP contribution in [0.3, 0.4) is 0 Å². The van der Waals surface area contributed by atoms with Crippen LogP contribution in [0.1, 0.15) is 25.5 Å². The number of hydrogen-bond donors (Lipinski definition) is 3. The molecule has 1 aromatic rings. The summed E-state index contributed by atoms with van der Waals surface area (Å²) in [4.78, 5) is 11.6. The van der Waals surface area contributed by atoms with Crippen LogP contribution in [0.25, 0.3) is 0 Å². The highest BCUT2D eigenvalue weighted by molar-refractivity contribution is 5.85. The highest BCUT2D eigenvalue weighted by Gasteiger charge is 2.36. The lowest BCUT2D eigenvalue weighted by atomic mass is 9.81. The maximum absolute atomic E-state index is 11.6. The molecule has 5 nitrogen and oxygen atoms in total. The van der Waals surface area contributed by atoms with Gasteiger partial charge in [0, 0.05) is 12.1 Å². The van der Waals surface area contributed by atoms with Crippen LogP contribution in [0.4, 0.5) is 0 Å². The van der Waals surface area contributed by atoms with Crippen molar-refractivity contribution in [2.45, 2.75) is 19.9 Å². The summed E-state index contributed by atoms with van der Waals surface area (Å²) in [6.45, 7) is 3.29. The van der Waals surface area contributed by atoms with E-state index in [9.17, 15) is 15.0 Å². The van der Waals surface area contributed by atoms with Crippen molar-refractivity contribution < 1.29 is 19.7 Å². The zero-order valence-electron chi connectivity index (χ0n) is 10.5. The molecular weight excluding hydrogens is 258 g/mol. The number of carbonyl (C=O) groups is 1. The number of nitrogens with two attached hydrogens (primary N) is 1. The molecular formula is C12H18ClNO4. The van der Waals surface area contributed by atoms with Crippen LogP contribution in [-0.4, -0.2) is 23.3 Å². The molecule has 0 aliphatic heterocycles. The molecule has 0 heterocycles. The minimum atomic E-state index is -0.949. The summed E-state index contributed by atoms with van der Waals surface area (Å²) in [5.74, 6) is -0.653. The summed E-state index contributed by atoms with van der Waals surface area (Å²) in [6, 6.07) is 3.33. The van der Waals surface area contributed by atoms with Gasteiger partial charge in [0.15, 0.2) is 0 Å². The number of benzene rings is 1. The van der Waals surface area contributed by atoms with Crippen LogP contribution >= 0.6 is 12.4 Å².